The lowest BCUT2D eigenvalue weighted by Crippen LogP contribution is -2.37. The molecule has 1 unspecified atom stereocenters. The van der Waals surface area contributed by atoms with E-state index < -0.39 is 0 Å². The van der Waals surface area contributed by atoms with E-state index in [4.69, 9.17) is 4.52 Å². The van der Waals surface area contributed by atoms with Gasteiger partial charge in [0.05, 0.1) is 11.6 Å². The van der Waals surface area contributed by atoms with Gasteiger partial charge in [-0.1, -0.05) is 5.16 Å². The van der Waals surface area contributed by atoms with E-state index in [2.05, 4.69) is 35.3 Å². The highest BCUT2D eigenvalue weighted by Gasteiger charge is 2.29. The molecule has 0 amide bonds. The minimum Gasteiger partial charge on any atom is -0.355 e. The number of nitrogens with zero attached hydrogens (tertiary/aromatic N) is 6. The van der Waals surface area contributed by atoms with Crippen LogP contribution in [0.4, 0.5) is 5.82 Å². The summed E-state index contributed by atoms with van der Waals surface area (Å²) in [7, 11) is 0. The summed E-state index contributed by atoms with van der Waals surface area (Å²) in [5.41, 5.74) is 3.26. The second kappa shape index (κ2) is 7.03. The number of piperidine rings is 1. The van der Waals surface area contributed by atoms with E-state index in [9.17, 15) is 0 Å². The summed E-state index contributed by atoms with van der Waals surface area (Å²) in [6.45, 7) is 3.63. The second-order valence-electron chi connectivity index (χ2n) is 7.03. The Kier molecular flexibility index (Phi) is 4.25. The van der Waals surface area contributed by atoms with Gasteiger partial charge in [0.15, 0.2) is 0 Å². The van der Waals surface area contributed by atoms with Gasteiger partial charge in [-0.05, 0) is 37.9 Å². The lowest BCUT2D eigenvalue weighted by atomic mass is 9.97. The van der Waals surface area contributed by atoms with Crippen LogP contribution in [-0.4, -0.2) is 44.7 Å². The SMILES string of the molecule is c1cncc(-c2noc(C3CCCN(c4ncnc5c4CCNC5)C3)n2)c1. The zero-order chi connectivity index (χ0) is 18.1. The van der Waals surface area contributed by atoms with Crippen molar-refractivity contribution in [3.63, 3.8) is 0 Å². The van der Waals surface area contributed by atoms with E-state index in [1.165, 1.54) is 5.56 Å². The first kappa shape index (κ1) is 16.3. The van der Waals surface area contributed by atoms with Gasteiger partial charge in [0, 0.05) is 43.2 Å². The van der Waals surface area contributed by atoms with Gasteiger partial charge in [0.25, 0.3) is 0 Å². The topological polar surface area (TPSA) is 92.9 Å². The zero-order valence-corrected chi connectivity index (χ0v) is 15.0. The highest BCUT2D eigenvalue weighted by molar-refractivity contribution is 5.52. The molecule has 0 aliphatic carbocycles. The molecule has 8 nitrogen and oxygen atoms in total. The van der Waals surface area contributed by atoms with Crippen molar-refractivity contribution < 1.29 is 4.52 Å². The lowest BCUT2D eigenvalue weighted by molar-refractivity contribution is 0.333. The van der Waals surface area contributed by atoms with Crippen LogP contribution in [0.15, 0.2) is 35.4 Å². The molecule has 1 fully saturated rings. The molecule has 5 rings (SSSR count). The number of nitrogens with one attached hydrogen (secondary N) is 1. The second-order valence-corrected chi connectivity index (χ2v) is 7.03. The molecule has 1 saturated heterocycles. The first-order valence-electron chi connectivity index (χ1n) is 9.41. The minimum atomic E-state index is 0.212. The number of aromatic nitrogens is 5. The van der Waals surface area contributed by atoms with Gasteiger partial charge >= 0.3 is 0 Å². The van der Waals surface area contributed by atoms with Crippen molar-refractivity contribution in [3.05, 3.63) is 48.0 Å². The molecule has 0 radical (unpaired) electrons. The van der Waals surface area contributed by atoms with Gasteiger partial charge in [-0.15, -0.1) is 0 Å². The molecular formula is C19H21N7O. The smallest absolute Gasteiger partial charge is 0.231 e. The first-order valence-corrected chi connectivity index (χ1v) is 9.41. The summed E-state index contributed by atoms with van der Waals surface area (Å²) in [4.78, 5) is 20.2. The van der Waals surface area contributed by atoms with Crippen LogP contribution in [-0.2, 0) is 13.0 Å². The molecule has 5 heterocycles. The van der Waals surface area contributed by atoms with Crippen LogP contribution in [0.25, 0.3) is 11.4 Å². The Labute approximate surface area is 157 Å². The maximum Gasteiger partial charge on any atom is 0.231 e. The molecule has 0 bridgehead atoms. The van der Waals surface area contributed by atoms with E-state index in [1.54, 1.807) is 18.7 Å². The molecule has 1 N–H and O–H groups in total. The summed E-state index contributed by atoms with van der Waals surface area (Å²) in [6.07, 6.45) is 8.26. The Bertz CT molecular complexity index is 927. The quantitative estimate of drug-likeness (QED) is 0.755. The Morgan fingerprint density at radius 3 is 3.19 bits per heavy atom. The number of rotatable bonds is 3. The highest BCUT2D eigenvalue weighted by atomic mass is 16.5. The van der Waals surface area contributed by atoms with Gasteiger partial charge in [0.1, 0.15) is 12.1 Å². The molecule has 27 heavy (non-hydrogen) atoms. The van der Waals surface area contributed by atoms with Gasteiger partial charge in [-0.25, -0.2) is 9.97 Å². The number of hydrogen-bond acceptors (Lipinski definition) is 8. The first-order chi connectivity index (χ1) is 13.4. The molecule has 1 atom stereocenters. The summed E-state index contributed by atoms with van der Waals surface area (Å²) < 4.78 is 5.60. The normalized spacial score (nSPS) is 19.7. The molecule has 0 aromatic carbocycles. The van der Waals surface area contributed by atoms with E-state index in [1.807, 2.05) is 12.1 Å². The van der Waals surface area contributed by atoms with Gasteiger partial charge < -0.3 is 14.7 Å². The van der Waals surface area contributed by atoms with Crippen LogP contribution in [0, 0.1) is 0 Å². The average Bonchev–Trinajstić information content (AvgIpc) is 3.24. The van der Waals surface area contributed by atoms with Crippen LogP contribution in [0.5, 0.6) is 0 Å². The Hall–Kier alpha value is -2.87. The molecule has 0 spiro atoms. The van der Waals surface area contributed by atoms with Crippen molar-refractivity contribution in [2.24, 2.45) is 0 Å². The molecule has 2 aliphatic heterocycles. The number of pyridine rings is 1. The largest absolute Gasteiger partial charge is 0.355 e. The van der Waals surface area contributed by atoms with Crippen molar-refractivity contribution in [1.29, 1.82) is 0 Å². The molecule has 138 valence electrons. The van der Waals surface area contributed by atoms with Gasteiger partial charge in [-0.3, -0.25) is 4.98 Å². The van der Waals surface area contributed by atoms with Crippen molar-refractivity contribution in [2.45, 2.75) is 31.7 Å². The fourth-order valence-corrected chi connectivity index (χ4v) is 3.92. The standard InChI is InChI=1S/C19H21N7O/c1-3-13(9-20-6-1)17-24-19(27-25-17)14-4-2-8-26(11-14)18-15-5-7-21-10-16(15)22-12-23-18/h1,3,6,9,12,14,21H,2,4-5,7-8,10-11H2. The van der Waals surface area contributed by atoms with Crippen molar-refractivity contribution in [1.82, 2.24) is 30.4 Å². The van der Waals surface area contributed by atoms with Crippen molar-refractivity contribution >= 4 is 5.82 Å². The van der Waals surface area contributed by atoms with Crippen molar-refractivity contribution in [2.75, 3.05) is 24.5 Å². The third-order valence-electron chi connectivity index (χ3n) is 5.29. The third kappa shape index (κ3) is 3.16. The monoisotopic (exact) mass is 363 g/mol. The van der Waals surface area contributed by atoms with Crippen LogP contribution in [0.1, 0.15) is 35.9 Å². The van der Waals surface area contributed by atoms with Gasteiger partial charge in [-0.2, -0.15) is 4.98 Å². The van der Waals surface area contributed by atoms with Crippen LogP contribution in [0.2, 0.25) is 0 Å². The number of fused-ring (bicyclic) bond motifs is 1. The predicted molar refractivity (Wildman–Crippen MR) is 99.2 cm³/mol. The van der Waals surface area contributed by atoms with Crippen molar-refractivity contribution in [3.8, 4) is 11.4 Å². The van der Waals surface area contributed by atoms with E-state index in [0.29, 0.717) is 11.7 Å². The van der Waals surface area contributed by atoms with Crippen LogP contribution < -0.4 is 10.2 Å². The number of hydrogen-bond donors (Lipinski definition) is 1. The predicted octanol–water partition coefficient (Wildman–Crippen LogP) is 1.95. The molecule has 3 aromatic heterocycles. The van der Waals surface area contributed by atoms with E-state index in [-0.39, 0.29) is 5.92 Å². The Morgan fingerprint density at radius 1 is 1.26 bits per heavy atom. The number of anilines is 1. The van der Waals surface area contributed by atoms with Crippen LogP contribution >= 0.6 is 0 Å². The molecule has 2 aliphatic rings. The summed E-state index contributed by atoms with van der Waals surface area (Å²) in [5, 5.41) is 7.53. The third-order valence-corrected chi connectivity index (χ3v) is 5.29. The maximum absolute atomic E-state index is 5.60. The zero-order valence-electron chi connectivity index (χ0n) is 15.0. The van der Waals surface area contributed by atoms with Gasteiger partial charge in [0.2, 0.25) is 11.7 Å². The maximum atomic E-state index is 5.60. The molecule has 0 saturated carbocycles. The summed E-state index contributed by atoms with van der Waals surface area (Å²) >= 11 is 0. The van der Waals surface area contributed by atoms with E-state index >= 15 is 0 Å². The fraction of sp³-hybridized carbons (Fsp3) is 0.421. The van der Waals surface area contributed by atoms with E-state index in [0.717, 1.165) is 62.5 Å². The average molecular weight is 363 g/mol. The summed E-state index contributed by atoms with van der Waals surface area (Å²) in [5.74, 6) is 2.58. The Balaban J connectivity index is 1.38. The molecule has 3 aromatic rings. The lowest BCUT2D eigenvalue weighted by Gasteiger charge is -2.34. The molecule has 8 heteroatoms. The summed E-state index contributed by atoms with van der Waals surface area (Å²) in [6, 6.07) is 3.82. The fourth-order valence-electron chi connectivity index (χ4n) is 3.92. The molecular weight excluding hydrogens is 342 g/mol. The highest BCUT2D eigenvalue weighted by Crippen LogP contribution is 2.32. The Morgan fingerprint density at radius 2 is 2.26 bits per heavy atom. The van der Waals surface area contributed by atoms with Crippen LogP contribution in [0.3, 0.4) is 0 Å². The minimum absolute atomic E-state index is 0.212.